The first kappa shape index (κ1) is 14.4. The van der Waals surface area contributed by atoms with Crippen molar-refractivity contribution < 1.29 is 0 Å². The Morgan fingerprint density at radius 3 is 2.58 bits per heavy atom. The van der Waals surface area contributed by atoms with Gasteiger partial charge in [-0.2, -0.15) is 0 Å². The third kappa shape index (κ3) is 3.30. The van der Waals surface area contributed by atoms with Gasteiger partial charge in [-0.25, -0.2) is 0 Å². The molecule has 0 radical (unpaired) electrons. The van der Waals surface area contributed by atoms with Crippen molar-refractivity contribution in [3.63, 3.8) is 0 Å². The molecule has 0 aromatic heterocycles. The van der Waals surface area contributed by atoms with Crippen LogP contribution in [-0.2, 0) is 6.42 Å². The van der Waals surface area contributed by atoms with Gasteiger partial charge in [0.15, 0.2) is 0 Å². The Bertz CT molecular complexity index is 566. The summed E-state index contributed by atoms with van der Waals surface area (Å²) in [5.74, 6) is 0. The van der Waals surface area contributed by atoms with Gasteiger partial charge in [-0.05, 0) is 29.2 Å². The molecule has 0 spiro atoms. The van der Waals surface area contributed by atoms with Crippen molar-refractivity contribution in [3.05, 3.63) is 69.2 Å². The highest BCUT2D eigenvalue weighted by Crippen LogP contribution is 2.32. The van der Waals surface area contributed by atoms with E-state index in [4.69, 9.17) is 28.9 Å². The average Bonchev–Trinajstić information content (AvgIpc) is 2.42. The van der Waals surface area contributed by atoms with Gasteiger partial charge in [0, 0.05) is 0 Å². The van der Waals surface area contributed by atoms with Crippen molar-refractivity contribution in [1.82, 2.24) is 0 Å². The Balaban J connectivity index is 2.35. The van der Waals surface area contributed by atoms with Crippen LogP contribution < -0.4 is 5.73 Å². The second-order valence-corrected chi connectivity index (χ2v) is 5.40. The average molecular weight is 294 g/mol. The molecule has 1 nitrogen and oxygen atoms in total. The van der Waals surface area contributed by atoms with Crippen molar-refractivity contribution in [1.29, 1.82) is 0 Å². The predicted octanol–water partition coefficient (Wildman–Crippen LogP) is 4.99. The molecule has 0 aliphatic carbocycles. The minimum atomic E-state index is -0.247. The standard InChI is InChI=1S/C16H17Cl2N/c1-2-5-11-6-3-7-12(10-11)16(19)13-8-4-9-14(17)15(13)18/h3-4,6-10,16H,2,5,19H2,1H3. The highest BCUT2D eigenvalue weighted by atomic mass is 35.5. The lowest BCUT2D eigenvalue weighted by Gasteiger charge is -2.16. The fraction of sp³-hybridized carbons (Fsp3) is 0.250. The molecule has 0 fully saturated rings. The molecule has 0 amide bonds. The molecule has 0 bridgehead atoms. The smallest absolute Gasteiger partial charge is 0.0643 e. The van der Waals surface area contributed by atoms with E-state index in [-0.39, 0.29) is 6.04 Å². The van der Waals surface area contributed by atoms with E-state index in [1.165, 1.54) is 5.56 Å². The Morgan fingerprint density at radius 1 is 1.11 bits per heavy atom. The zero-order chi connectivity index (χ0) is 13.8. The van der Waals surface area contributed by atoms with Crippen LogP contribution in [0.15, 0.2) is 42.5 Å². The Hall–Kier alpha value is -1.02. The summed E-state index contributed by atoms with van der Waals surface area (Å²) in [6.45, 7) is 2.17. The molecule has 0 heterocycles. The molecule has 2 aromatic carbocycles. The van der Waals surface area contributed by atoms with Crippen LogP contribution in [0.1, 0.15) is 36.1 Å². The first-order chi connectivity index (χ1) is 9.13. The van der Waals surface area contributed by atoms with Crippen LogP contribution >= 0.6 is 23.2 Å². The summed E-state index contributed by atoms with van der Waals surface area (Å²) in [5, 5.41) is 1.08. The minimum Gasteiger partial charge on any atom is -0.320 e. The summed E-state index contributed by atoms with van der Waals surface area (Å²) in [4.78, 5) is 0. The van der Waals surface area contributed by atoms with Gasteiger partial charge in [-0.1, -0.05) is 72.9 Å². The molecule has 2 rings (SSSR count). The van der Waals surface area contributed by atoms with Gasteiger partial charge in [0.25, 0.3) is 0 Å². The number of hydrogen-bond acceptors (Lipinski definition) is 1. The van der Waals surface area contributed by atoms with E-state index in [0.29, 0.717) is 10.0 Å². The summed E-state index contributed by atoms with van der Waals surface area (Å²) >= 11 is 12.3. The van der Waals surface area contributed by atoms with Gasteiger partial charge in [0.2, 0.25) is 0 Å². The van der Waals surface area contributed by atoms with E-state index < -0.39 is 0 Å². The Kier molecular flexibility index (Phi) is 4.87. The van der Waals surface area contributed by atoms with Crippen molar-refractivity contribution in [2.45, 2.75) is 25.8 Å². The van der Waals surface area contributed by atoms with Crippen molar-refractivity contribution in [2.24, 2.45) is 5.73 Å². The molecule has 100 valence electrons. The Morgan fingerprint density at radius 2 is 1.84 bits per heavy atom. The van der Waals surface area contributed by atoms with E-state index in [9.17, 15) is 0 Å². The van der Waals surface area contributed by atoms with Crippen LogP contribution in [0.3, 0.4) is 0 Å². The molecule has 0 aliphatic heterocycles. The summed E-state index contributed by atoms with van der Waals surface area (Å²) in [6, 6.07) is 13.7. The maximum Gasteiger partial charge on any atom is 0.0643 e. The topological polar surface area (TPSA) is 26.0 Å². The monoisotopic (exact) mass is 293 g/mol. The van der Waals surface area contributed by atoms with E-state index in [1.54, 1.807) is 6.07 Å². The largest absolute Gasteiger partial charge is 0.320 e. The number of rotatable bonds is 4. The molecule has 1 unspecified atom stereocenters. The second kappa shape index (κ2) is 6.42. The normalized spacial score (nSPS) is 12.4. The fourth-order valence-corrected chi connectivity index (χ4v) is 2.60. The van der Waals surface area contributed by atoms with Gasteiger partial charge in [0.1, 0.15) is 0 Å². The van der Waals surface area contributed by atoms with E-state index in [0.717, 1.165) is 24.0 Å². The molecule has 0 saturated carbocycles. The van der Waals surface area contributed by atoms with Crippen LogP contribution in [0, 0.1) is 0 Å². The van der Waals surface area contributed by atoms with Crippen molar-refractivity contribution in [2.75, 3.05) is 0 Å². The molecule has 3 heteroatoms. The van der Waals surface area contributed by atoms with Gasteiger partial charge in [-0.3, -0.25) is 0 Å². The van der Waals surface area contributed by atoms with Gasteiger partial charge >= 0.3 is 0 Å². The second-order valence-electron chi connectivity index (χ2n) is 4.62. The highest BCUT2D eigenvalue weighted by Gasteiger charge is 2.14. The summed E-state index contributed by atoms with van der Waals surface area (Å²) < 4.78 is 0. The molecular weight excluding hydrogens is 277 g/mol. The third-order valence-electron chi connectivity index (χ3n) is 3.17. The molecular formula is C16H17Cl2N. The number of nitrogens with two attached hydrogens (primary N) is 1. The molecule has 1 atom stereocenters. The zero-order valence-corrected chi connectivity index (χ0v) is 12.4. The van der Waals surface area contributed by atoms with E-state index in [2.05, 4.69) is 19.1 Å². The lowest BCUT2D eigenvalue weighted by molar-refractivity contribution is 0.859. The maximum atomic E-state index is 6.31. The molecule has 19 heavy (non-hydrogen) atoms. The van der Waals surface area contributed by atoms with E-state index >= 15 is 0 Å². The van der Waals surface area contributed by atoms with Crippen molar-refractivity contribution in [3.8, 4) is 0 Å². The molecule has 2 aromatic rings. The summed E-state index contributed by atoms with van der Waals surface area (Å²) in [7, 11) is 0. The lowest BCUT2D eigenvalue weighted by Crippen LogP contribution is -2.12. The van der Waals surface area contributed by atoms with Gasteiger partial charge < -0.3 is 5.73 Å². The number of aryl methyl sites for hydroxylation is 1. The van der Waals surface area contributed by atoms with Crippen LogP contribution in [0.25, 0.3) is 0 Å². The third-order valence-corrected chi connectivity index (χ3v) is 4.00. The lowest BCUT2D eigenvalue weighted by atomic mass is 9.97. The number of benzene rings is 2. The van der Waals surface area contributed by atoms with Gasteiger partial charge in [0.05, 0.1) is 16.1 Å². The zero-order valence-electron chi connectivity index (χ0n) is 10.9. The Labute approximate surface area is 124 Å². The summed E-state index contributed by atoms with van der Waals surface area (Å²) in [6.07, 6.45) is 2.18. The molecule has 0 saturated heterocycles. The minimum absolute atomic E-state index is 0.247. The quantitative estimate of drug-likeness (QED) is 0.844. The van der Waals surface area contributed by atoms with Crippen molar-refractivity contribution >= 4 is 23.2 Å². The van der Waals surface area contributed by atoms with Crippen LogP contribution in [0.5, 0.6) is 0 Å². The molecule has 0 aliphatic rings. The van der Waals surface area contributed by atoms with Crippen LogP contribution in [0.2, 0.25) is 10.0 Å². The maximum absolute atomic E-state index is 6.31. The predicted molar refractivity (Wildman–Crippen MR) is 82.9 cm³/mol. The summed E-state index contributed by atoms with van der Waals surface area (Å²) in [5.41, 5.74) is 9.54. The molecule has 2 N–H and O–H groups in total. The van der Waals surface area contributed by atoms with E-state index in [1.807, 2.05) is 24.3 Å². The fourth-order valence-electron chi connectivity index (χ4n) is 2.17. The first-order valence-electron chi connectivity index (χ1n) is 6.41. The van der Waals surface area contributed by atoms with Crippen LogP contribution in [0.4, 0.5) is 0 Å². The van der Waals surface area contributed by atoms with Gasteiger partial charge in [-0.15, -0.1) is 0 Å². The number of hydrogen-bond donors (Lipinski definition) is 1. The number of halogens is 2. The first-order valence-corrected chi connectivity index (χ1v) is 7.17. The van der Waals surface area contributed by atoms with Crippen LogP contribution in [-0.4, -0.2) is 0 Å². The highest BCUT2D eigenvalue weighted by molar-refractivity contribution is 6.42. The SMILES string of the molecule is CCCc1cccc(C(N)c2cccc(Cl)c2Cl)c1.